The zero-order valence-corrected chi connectivity index (χ0v) is 9.74. The van der Waals surface area contributed by atoms with Gasteiger partial charge >= 0.3 is 5.97 Å². The van der Waals surface area contributed by atoms with Gasteiger partial charge in [-0.15, -0.1) is 0 Å². The molecule has 0 spiro atoms. The number of hydrogen-bond acceptors (Lipinski definition) is 3. The van der Waals surface area contributed by atoms with Gasteiger partial charge in [0.1, 0.15) is 12.4 Å². The molecule has 0 radical (unpaired) electrons. The van der Waals surface area contributed by atoms with Crippen LogP contribution in [0.25, 0.3) is 0 Å². The molecule has 3 nitrogen and oxygen atoms in total. The van der Waals surface area contributed by atoms with Crippen molar-refractivity contribution in [3.05, 3.63) is 23.3 Å². The van der Waals surface area contributed by atoms with E-state index in [2.05, 4.69) is 0 Å². The Bertz CT molecular complexity index is 283. The van der Waals surface area contributed by atoms with Crippen LogP contribution < -0.4 is 0 Å². The van der Waals surface area contributed by atoms with E-state index in [9.17, 15) is 9.59 Å². The first-order chi connectivity index (χ1) is 6.97. The van der Waals surface area contributed by atoms with Gasteiger partial charge in [0.2, 0.25) is 0 Å². The monoisotopic (exact) mass is 210 g/mol. The molecule has 0 bridgehead atoms. The highest BCUT2D eigenvalue weighted by atomic mass is 16.5. The van der Waals surface area contributed by atoms with Crippen LogP contribution in [0.15, 0.2) is 23.3 Å². The average Bonchev–Trinajstić information content (AvgIpc) is 2.11. The van der Waals surface area contributed by atoms with Crippen molar-refractivity contribution in [1.82, 2.24) is 0 Å². The quantitative estimate of drug-likeness (QED) is 0.303. The number of ether oxygens (including phenoxy) is 1. The van der Waals surface area contributed by atoms with Crippen molar-refractivity contribution < 1.29 is 14.3 Å². The van der Waals surface area contributed by atoms with Crippen LogP contribution in [0.4, 0.5) is 0 Å². The molecule has 0 N–H and O–H groups in total. The fourth-order valence-electron chi connectivity index (χ4n) is 1.08. The molecule has 3 heteroatoms. The van der Waals surface area contributed by atoms with Crippen molar-refractivity contribution in [2.75, 3.05) is 0 Å². The van der Waals surface area contributed by atoms with E-state index < -0.39 is 0 Å². The number of allylic oxidation sites excluding steroid dienone is 2. The van der Waals surface area contributed by atoms with E-state index in [0.29, 0.717) is 12.7 Å². The van der Waals surface area contributed by atoms with Crippen LogP contribution in [0, 0.1) is 0 Å². The molecule has 1 atom stereocenters. The Morgan fingerprint density at radius 3 is 2.27 bits per heavy atom. The third kappa shape index (κ3) is 6.66. The summed E-state index contributed by atoms with van der Waals surface area (Å²) in [6.07, 6.45) is 4.39. The lowest BCUT2D eigenvalue weighted by molar-refractivity contribution is -0.144. The Kier molecular flexibility index (Phi) is 6.34. The van der Waals surface area contributed by atoms with Gasteiger partial charge in [0.15, 0.2) is 0 Å². The number of carbonyl (C=O) groups excluding carboxylic acids is 2. The molecule has 0 fully saturated rings. The highest BCUT2D eigenvalue weighted by Gasteiger charge is 2.12. The van der Waals surface area contributed by atoms with Gasteiger partial charge in [0.25, 0.3) is 0 Å². The van der Waals surface area contributed by atoms with Crippen molar-refractivity contribution in [3.8, 4) is 0 Å². The van der Waals surface area contributed by atoms with Crippen LogP contribution >= 0.6 is 0 Å². The van der Waals surface area contributed by atoms with E-state index in [1.165, 1.54) is 13.0 Å². The van der Waals surface area contributed by atoms with Crippen LogP contribution in [-0.4, -0.2) is 18.4 Å². The molecule has 0 heterocycles. The molecule has 0 aromatic heterocycles. The van der Waals surface area contributed by atoms with Crippen molar-refractivity contribution >= 4 is 12.3 Å². The molecule has 0 aliphatic carbocycles. The van der Waals surface area contributed by atoms with Crippen molar-refractivity contribution in [2.24, 2.45) is 0 Å². The lowest BCUT2D eigenvalue weighted by Gasteiger charge is -2.15. The van der Waals surface area contributed by atoms with E-state index >= 15 is 0 Å². The summed E-state index contributed by atoms with van der Waals surface area (Å²) in [5.41, 5.74) is 1.92. The van der Waals surface area contributed by atoms with Gasteiger partial charge in [-0.25, -0.2) is 0 Å². The summed E-state index contributed by atoms with van der Waals surface area (Å²) < 4.78 is 5.10. The fourth-order valence-corrected chi connectivity index (χ4v) is 1.08. The van der Waals surface area contributed by atoms with Crippen LogP contribution in [0.5, 0.6) is 0 Å². The summed E-state index contributed by atoms with van der Waals surface area (Å²) in [5.74, 6) is -0.333. The molecular weight excluding hydrogens is 192 g/mol. The van der Waals surface area contributed by atoms with Crippen LogP contribution in [0.2, 0.25) is 0 Å². The van der Waals surface area contributed by atoms with Gasteiger partial charge in [0, 0.05) is 13.3 Å². The van der Waals surface area contributed by atoms with Gasteiger partial charge in [-0.3, -0.25) is 9.59 Å². The average molecular weight is 210 g/mol. The van der Waals surface area contributed by atoms with Gasteiger partial charge in [-0.05, 0) is 32.4 Å². The maximum atomic E-state index is 10.8. The second-order valence-corrected chi connectivity index (χ2v) is 3.66. The summed E-state index contributed by atoms with van der Waals surface area (Å²) in [4.78, 5) is 21.2. The van der Waals surface area contributed by atoms with Gasteiger partial charge in [-0.2, -0.15) is 0 Å². The molecule has 0 saturated carbocycles. The smallest absolute Gasteiger partial charge is 0.303 e. The highest BCUT2D eigenvalue weighted by Crippen LogP contribution is 2.12. The highest BCUT2D eigenvalue weighted by molar-refractivity contribution is 5.68. The molecular formula is C12H18O3. The zero-order chi connectivity index (χ0) is 11.8. The number of carbonyl (C=O) groups is 2. The molecule has 0 saturated heterocycles. The standard InChI is InChI=1S/C12H18O3/c1-9(2)5-6-12(15-11(4)14)10(3)7-8-13/h5,7-8,12H,6H2,1-4H3. The maximum absolute atomic E-state index is 10.8. The third-order valence-corrected chi connectivity index (χ3v) is 1.89. The molecule has 0 amide bonds. The van der Waals surface area contributed by atoms with Gasteiger partial charge < -0.3 is 4.74 Å². The van der Waals surface area contributed by atoms with Crippen LogP contribution in [-0.2, 0) is 14.3 Å². The summed E-state index contributed by atoms with van der Waals surface area (Å²) >= 11 is 0. The van der Waals surface area contributed by atoms with Crippen LogP contribution in [0.3, 0.4) is 0 Å². The molecule has 15 heavy (non-hydrogen) atoms. The summed E-state index contributed by atoms with van der Waals surface area (Å²) in [6, 6.07) is 0. The Labute approximate surface area is 90.8 Å². The lowest BCUT2D eigenvalue weighted by Crippen LogP contribution is -2.17. The summed E-state index contributed by atoms with van der Waals surface area (Å²) in [5, 5.41) is 0. The summed E-state index contributed by atoms with van der Waals surface area (Å²) in [6.45, 7) is 7.09. The second-order valence-electron chi connectivity index (χ2n) is 3.66. The Hall–Kier alpha value is -1.38. The molecule has 0 aromatic rings. The Morgan fingerprint density at radius 2 is 1.87 bits per heavy atom. The maximum Gasteiger partial charge on any atom is 0.303 e. The number of aldehydes is 1. The van der Waals surface area contributed by atoms with Crippen molar-refractivity contribution in [1.29, 1.82) is 0 Å². The Balaban J connectivity index is 4.57. The minimum Gasteiger partial charge on any atom is -0.458 e. The predicted molar refractivity (Wildman–Crippen MR) is 59.4 cm³/mol. The van der Waals surface area contributed by atoms with Gasteiger partial charge in [0.05, 0.1) is 0 Å². The first-order valence-corrected chi connectivity index (χ1v) is 4.90. The molecule has 0 aliphatic heterocycles. The van der Waals surface area contributed by atoms with Crippen molar-refractivity contribution in [2.45, 2.75) is 40.2 Å². The van der Waals surface area contributed by atoms with E-state index in [1.807, 2.05) is 19.9 Å². The SMILES string of the molecule is CC(=O)OC(CC=C(C)C)C(C)=CC=O. The van der Waals surface area contributed by atoms with E-state index in [1.54, 1.807) is 6.92 Å². The topological polar surface area (TPSA) is 43.4 Å². The van der Waals surface area contributed by atoms with E-state index in [0.717, 1.165) is 11.1 Å². The van der Waals surface area contributed by atoms with Crippen LogP contribution in [0.1, 0.15) is 34.1 Å². The zero-order valence-electron chi connectivity index (χ0n) is 9.74. The minimum atomic E-state index is -0.333. The molecule has 0 aromatic carbocycles. The predicted octanol–water partition coefficient (Wildman–Crippen LogP) is 2.42. The van der Waals surface area contributed by atoms with Gasteiger partial charge in [-0.1, -0.05) is 11.6 Å². The molecule has 1 unspecified atom stereocenters. The minimum absolute atomic E-state index is 0.331. The third-order valence-electron chi connectivity index (χ3n) is 1.89. The first-order valence-electron chi connectivity index (χ1n) is 4.90. The number of esters is 1. The normalized spacial score (nSPS) is 12.9. The van der Waals surface area contributed by atoms with Crippen molar-refractivity contribution in [3.63, 3.8) is 0 Å². The molecule has 84 valence electrons. The Morgan fingerprint density at radius 1 is 1.27 bits per heavy atom. The first kappa shape index (κ1) is 13.6. The molecule has 0 rings (SSSR count). The summed E-state index contributed by atoms with van der Waals surface area (Å²) in [7, 11) is 0. The van der Waals surface area contributed by atoms with E-state index in [4.69, 9.17) is 4.74 Å². The number of rotatable bonds is 5. The second kappa shape index (κ2) is 6.98. The van der Waals surface area contributed by atoms with E-state index in [-0.39, 0.29) is 12.1 Å². The number of hydrogen-bond donors (Lipinski definition) is 0. The largest absolute Gasteiger partial charge is 0.458 e. The lowest BCUT2D eigenvalue weighted by atomic mass is 10.1. The molecule has 0 aliphatic rings. The fraction of sp³-hybridized carbons (Fsp3) is 0.500.